The van der Waals surface area contributed by atoms with E-state index < -0.39 is 25.7 Å². The largest absolute Gasteiger partial charge is 0.500 e. The highest BCUT2D eigenvalue weighted by molar-refractivity contribution is 6.77. The molecule has 0 saturated heterocycles. The van der Waals surface area contributed by atoms with Crippen LogP contribution in [-0.4, -0.2) is 68.3 Å². The molecule has 0 saturated carbocycles. The van der Waals surface area contributed by atoms with Crippen LogP contribution in [-0.2, 0) is 26.6 Å². The fourth-order valence-corrected chi connectivity index (χ4v) is 8.89. The predicted molar refractivity (Wildman–Crippen MR) is 109 cm³/mol. The summed E-state index contributed by atoms with van der Waals surface area (Å²) in [4.78, 5) is 0. The number of hydrogen-bond donors (Lipinski definition) is 0. The molecule has 6 nitrogen and oxygen atoms in total. The Hall–Kier alpha value is 0.411. The minimum absolute atomic E-state index is 0.738. The molecule has 0 amide bonds. The van der Waals surface area contributed by atoms with Gasteiger partial charge in [0, 0.05) is 62.8 Å². The van der Waals surface area contributed by atoms with Gasteiger partial charge in [-0.05, 0) is 18.4 Å². The quantitative estimate of drug-likeness (QED) is 0.379. The lowest BCUT2D eigenvalue weighted by Crippen LogP contribution is -2.43. The Morgan fingerprint density at radius 2 is 0.840 bits per heavy atom. The molecule has 0 bridgehead atoms. The first-order chi connectivity index (χ1) is 11.7. The SMILES string of the molecule is CO[Si](CCCC(CCC[Si](OC)(OC)OC)[Si](C)(C)C)(OC)OC. The van der Waals surface area contributed by atoms with Gasteiger partial charge in [0.25, 0.3) is 0 Å². The summed E-state index contributed by atoms with van der Waals surface area (Å²) in [5.74, 6) is 0. The van der Waals surface area contributed by atoms with Crippen LogP contribution in [0.15, 0.2) is 0 Å². The molecule has 0 aromatic heterocycles. The lowest BCUT2D eigenvalue weighted by Gasteiger charge is -2.31. The molecule has 0 aromatic carbocycles. The van der Waals surface area contributed by atoms with E-state index in [-0.39, 0.29) is 0 Å². The molecular weight excluding hydrogens is 372 g/mol. The van der Waals surface area contributed by atoms with Gasteiger partial charge >= 0.3 is 17.6 Å². The molecule has 9 heteroatoms. The van der Waals surface area contributed by atoms with Crippen molar-refractivity contribution < 1.29 is 26.6 Å². The van der Waals surface area contributed by atoms with Crippen molar-refractivity contribution in [1.82, 2.24) is 0 Å². The van der Waals surface area contributed by atoms with Crippen molar-refractivity contribution in [2.75, 3.05) is 42.7 Å². The molecule has 0 radical (unpaired) electrons. The van der Waals surface area contributed by atoms with Crippen LogP contribution in [0.3, 0.4) is 0 Å². The van der Waals surface area contributed by atoms with Gasteiger partial charge in [0.15, 0.2) is 0 Å². The van der Waals surface area contributed by atoms with E-state index in [1.165, 1.54) is 12.8 Å². The second kappa shape index (κ2) is 12.0. The molecule has 152 valence electrons. The van der Waals surface area contributed by atoms with Crippen molar-refractivity contribution in [2.24, 2.45) is 0 Å². The summed E-state index contributed by atoms with van der Waals surface area (Å²) in [6.07, 6.45) is 4.50. The molecule has 0 unspecified atom stereocenters. The topological polar surface area (TPSA) is 55.4 Å². The molecule has 0 aliphatic carbocycles. The molecule has 0 heterocycles. The Morgan fingerprint density at radius 1 is 0.560 bits per heavy atom. The standard InChI is InChI=1S/C16H40O6Si3/c1-17-24(18-2,19-3)14-10-12-16(23(7,8)9)13-11-15-25(20-4,21-5)22-6/h16H,10-15H2,1-9H3. The molecule has 0 atom stereocenters. The minimum atomic E-state index is -2.46. The van der Waals surface area contributed by atoms with E-state index in [4.69, 9.17) is 26.6 Å². The average Bonchev–Trinajstić information content (AvgIpc) is 2.61. The number of hydrogen-bond acceptors (Lipinski definition) is 6. The van der Waals surface area contributed by atoms with Crippen molar-refractivity contribution in [3.63, 3.8) is 0 Å². The molecule has 0 aliphatic heterocycles. The fourth-order valence-electron chi connectivity index (χ4n) is 3.25. The van der Waals surface area contributed by atoms with E-state index in [2.05, 4.69) is 19.6 Å². The van der Waals surface area contributed by atoms with Gasteiger partial charge in [0.05, 0.1) is 0 Å². The van der Waals surface area contributed by atoms with Gasteiger partial charge in [-0.15, -0.1) is 0 Å². The van der Waals surface area contributed by atoms with Gasteiger partial charge < -0.3 is 26.6 Å². The van der Waals surface area contributed by atoms with Crippen LogP contribution in [0, 0.1) is 0 Å². The maximum absolute atomic E-state index is 5.53. The third kappa shape index (κ3) is 8.31. The molecule has 25 heavy (non-hydrogen) atoms. The lowest BCUT2D eigenvalue weighted by atomic mass is 10.1. The molecule has 0 rings (SSSR count). The normalized spacial score (nSPS) is 13.7. The second-order valence-corrected chi connectivity index (χ2v) is 19.2. The highest BCUT2D eigenvalue weighted by Gasteiger charge is 2.39. The van der Waals surface area contributed by atoms with Crippen LogP contribution in [0.5, 0.6) is 0 Å². The lowest BCUT2D eigenvalue weighted by molar-refractivity contribution is 0.122. The Kier molecular flexibility index (Phi) is 12.2. The predicted octanol–water partition coefficient (Wildman–Crippen LogP) is 4.01. The van der Waals surface area contributed by atoms with Crippen molar-refractivity contribution in [3.05, 3.63) is 0 Å². The van der Waals surface area contributed by atoms with E-state index >= 15 is 0 Å². The average molecular weight is 413 g/mol. The smallest absolute Gasteiger partial charge is 0.377 e. The van der Waals surface area contributed by atoms with Crippen molar-refractivity contribution in [1.29, 1.82) is 0 Å². The Morgan fingerprint density at radius 3 is 1.04 bits per heavy atom. The van der Waals surface area contributed by atoms with Crippen LogP contribution < -0.4 is 0 Å². The van der Waals surface area contributed by atoms with Crippen molar-refractivity contribution in [2.45, 2.75) is 63.0 Å². The zero-order valence-corrected chi connectivity index (χ0v) is 20.8. The van der Waals surface area contributed by atoms with Crippen molar-refractivity contribution in [3.8, 4) is 0 Å². The van der Waals surface area contributed by atoms with Gasteiger partial charge in [0.2, 0.25) is 0 Å². The molecular formula is C16H40O6Si3. The minimum Gasteiger partial charge on any atom is -0.377 e. The van der Waals surface area contributed by atoms with Gasteiger partial charge in [-0.2, -0.15) is 0 Å². The summed E-state index contributed by atoms with van der Waals surface area (Å²) in [7, 11) is 3.91. The summed E-state index contributed by atoms with van der Waals surface area (Å²) in [6.45, 7) is 7.33. The Balaban J connectivity index is 4.63. The van der Waals surface area contributed by atoms with E-state index in [1.807, 2.05) is 0 Å². The molecule has 0 N–H and O–H groups in total. The van der Waals surface area contributed by atoms with Crippen LogP contribution >= 0.6 is 0 Å². The highest BCUT2D eigenvalue weighted by atomic mass is 28.4. The van der Waals surface area contributed by atoms with Gasteiger partial charge in [0.1, 0.15) is 0 Å². The first-order valence-corrected chi connectivity index (χ1v) is 16.4. The number of rotatable bonds is 15. The zero-order valence-electron chi connectivity index (χ0n) is 17.8. The highest BCUT2D eigenvalue weighted by Crippen LogP contribution is 2.35. The summed E-state index contributed by atoms with van der Waals surface area (Å²) >= 11 is 0. The van der Waals surface area contributed by atoms with Crippen molar-refractivity contribution >= 4 is 25.7 Å². The van der Waals surface area contributed by atoms with E-state index in [9.17, 15) is 0 Å². The maximum atomic E-state index is 5.53. The Bertz CT molecular complexity index is 301. The van der Waals surface area contributed by atoms with Crippen LogP contribution in [0.4, 0.5) is 0 Å². The van der Waals surface area contributed by atoms with Crippen LogP contribution in [0.2, 0.25) is 37.3 Å². The van der Waals surface area contributed by atoms with E-state index in [0.717, 1.165) is 30.5 Å². The maximum Gasteiger partial charge on any atom is 0.500 e. The third-order valence-corrected chi connectivity index (χ3v) is 13.9. The summed E-state index contributed by atoms with van der Waals surface area (Å²) in [5, 5.41) is 0. The first kappa shape index (κ1) is 25.4. The second-order valence-electron chi connectivity index (χ2n) is 7.44. The molecule has 0 aromatic rings. The molecule has 0 fully saturated rings. The van der Waals surface area contributed by atoms with E-state index in [1.54, 1.807) is 42.7 Å². The van der Waals surface area contributed by atoms with E-state index in [0.29, 0.717) is 0 Å². The van der Waals surface area contributed by atoms with Gasteiger partial charge in [-0.3, -0.25) is 0 Å². The summed E-state index contributed by atoms with van der Waals surface area (Å²) in [5.41, 5.74) is 0.738. The Labute approximate surface area is 158 Å². The summed E-state index contributed by atoms with van der Waals surface area (Å²) in [6, 6.07) is 1.73. The fraction of sp³-hybridized carbons (Fsp3) is 1.00. The zero-order chi connectivity index (χ0) is 19.6. The monoisotopic (exact) mass is 412 g/mol. The molecule has 0 spiro atoms. The van der Waals surface area contributed by atoms with Crippen LogP contribution in [0.25, 0.3) is 0 Å². The molecule has 0 aliphatic rings. The van der Waals surface area contributed by atoms with Crippen LogP contribution in [0.1, 0.15) is 25.7 Å². The van der Waals surface area contributed by atoms with Gasteiger partial charge in [-0.1, -0.05) is 32.5 Å². The van der Waals surface area contributed by atoms with Gasteiger partial charge in [-0.25, -0.2) is 0 Å². The summed E-state index contributed by atoms with van der Waals surface area (Å²) < 4.78 is 33.2. The first-order valence-electron chi connectivity index (χ1n) is 8.99. The third-order valence-electron chi connectivity index (χ3n) is 5.16.